The van der Waals surface area contributed by atoms with Gasteiger partial charge in [-0.25, -0.2) is 4.63 Å². The summed E-state index contributed by atoms with van der Waals surface area (Å²) in [5.41, 5.74) is 2.82. The molecule has 0 aliphatic carbocycles. The van der Waals surface area contributed by atoms with Gasteiger partial charge in [-0.15, -0.1) is 11.3 Å². The Balaban J connectivity index is 1.34. The van der Waals surface area contributed by atoms with Crippen LogP contribution in [0.5, 0.6) is 0 Å². The molecule has 9 nitrogen and oxygen atoms in total. The lowest BCUT2D eigenvalue weighted by Gasteiger charge is -2.34. The van der Waals surface area contributed by atoms with Gasteiger partial charge in [0.1, 0.15) is 11.4 Å². The molecule has 0 spiro atoms. The second kappa shape index (κ2) is 9.02. The van der Waals surface area contributed by atoms with Crippen molar-refractivity contribution < 1.29 is 19.0 Å². The van der Waals surface area contributed by atoms with Gasteiger partial charge < -0.3 is 10.2 Å². The molecule has 176 valence electrons. The van der Waals surface area contributed by atoms with Crippen LogP contribution in [0.15, 0.2) is 40.3 Å². The van der Waals surface area contributed by atoms with Gasteiger partial charge >= 0.3 is 0 Å². The second-order valence-electron chi connectivity index (χ2n) is 8.67. The maximum Gasteiger partial charge on any atom is 0.264 e. The highest BCUT2D eigenvalue weighted by atomic mass is 32.1. The summed E-state index contributed by atoms with van der Waals surface area (Å²) in [7, 11) is 0. The molecule has 34 heavy (non-hydrogen) atoms. The number of carbonyl (C=O) groups is 3. The predicted octanol–water partition coefficient (Wildman–Crippen LogP) is 3.33. The van der Waals surface area contributed by atoms with Crippen molar-refractivity contribution in [2.75, 3.05) is 18.0 Å². The number of piperidine rings is 1. The summed E-state index contributed by atoms with van der Waals surface area (Å²) in [4.78, 5) is 43.9. The molecule has 1 N–H and O–H groups in total. The topological polar surface area (TPSA) is 109 Å². The van der Waals surface area contributed by atoms with Crippen molar-refractivity contribution in [3.63, 3.8) is 0 Å². The van der Waals surface area contributed by atoms with Gasteiger partial charge in [0.2, 0.25) is 5.91 Å². The number of fused-ring (bicyclic) bond motifs is 1. The third kappa shape index (κ3) is 3.87. The molecule has 2 aliphatic rings. The quantitative estimate of drug-likeness (QED) is 0.540. The second-order valence-corrected chi connectivity index (χ2v) is 9.65. The first-order valence-electron chi connectivity index (χ1n) is 11.3. The lowest BCUT2D eigenvalue weighted by atomic mass is 9.95. The molecular weight excluding hydrogens is 454 g/mol. The summed E-state index contributed by atoms with van der Waals surface area (Å²) >= 11 is 1.53. The number of rotatable bonds is 6. The summed E-state index contributed by atoms with van der Waals surface area (Å²) in [6, 6.07) is 8.90. The third-order valence-electron chi connectivity index (χ3n) is 6.58. The molecule has 1 saturated heterocycles. The monoisotopic (exact) mass is 479 g/mol. The Labute approximate surface area is 200 Å². The van der Waals surface area contributed by atoms with E-state index < -0.39 is 0 Å². The van der Waals surface area contributed by atoms with E-state index in [-0.39, 0.29) is 36.2 Å². The lowest BCUT2D eigenvalue weighted by Crippen LogP contribution is -2.43. The van der Waals surface area contributed by atoms with Crippen LogP contribution in [0.1, 0.15) is 62.8 Å². The molecule has 10 heteroatoms. The zero-order valence-electron chi connectivity index (χ0n) is 19.0. The molecular formula is C24H25N5O4S. The van der Waals surface area contributed by atoms with Gasteiger partial charge in [0.05, 0.1) is 35.3 Å². The third-order valence-corrected chi connectivity index (χ3v) is 7.62. The number of aromatic nitrogens is 2. The molecule has 2 atom stereocenters. The normalized spacial score (nSPS) is 18.8. The molecule has 2 unspecified atom stereocenters. The number of hydrogen-bond donors (Lipinski definition) is 1. The molecule has 4 heterocycles. The number of amides is 3. The summed E-state index contributed by atoms with van der Waals surface area (Å²) in [5, 5.41) is 12.4. The summed E-state index contributed by atoms with van der Waals surface area (Å²) < 4.78 is 4.69. The Hall–Kier alpha value is -3.53. The molecule has 2 aromatic heterocycles. The van der Waals surface area contributed by atoms with Crippen molar-refractivity contribution in [2.24, 2.45) is 5.92 Å². The highest BCUT2D eigenvalue weighted by Gasteiger charge is 2.42. The van der Waals surface area contributed by atoms with Crippen molar-refractivity contribution in [3.8, 4) is 0 Å². The van der Waals surface area contributed by atoms with E-state index in [4.69, 9.17) is 0 Å². The molecule has 0 radical (unpaired) electrons. The van der Waals surface area contributed by atoms with Gasteiger partial charge in [-0.2, -0.15) is 0 Å². The van der Waals surface area contributed by atoms with Crippen molar-refractivity contribution in [2.45, 2.75) is 39.3 Å². The van der Waals surface area contributed by atoms with E-state index in [0.29, 0.717) is 41.3 Å². The van der Waals surface area contributed by atoms with E-state index in [1.54, 1.807) is 13.0 Å². The number of benzene rings is 1. The first-order valence-corrected chi connectivity index (χ1v) is 12.2. The zero-order chi connectivity index (χ0) is 23.8. The highest BCUT2D eigenvalue weighted by molar-refractivity contribution is 7.10. The number of aryl methyl sites for hydroxylation is 1. The van der Waals surface area contributed by atoms with Crippen LogP contribution in [0.4, 0.5) is 5.69 Å². The summed E-state index contributed by atoms with van der Waals surface area (Å²) in [6.07, 6.45) is 1.56. The van der Waals surface area contributed by atoms with Crippen LogP contribution in [0.25, 0.3) is 0 Å². The smallest absolute Gasteiger partial charge is 0.264 e. The largest absolute Gasteiger partial charge is 0.370 e. The van der Waals surface area contributed by atoms with Crippen molar-refractivity contribution in [1.82, 2.24) is 20.5 Å². The summed E-state index contributed by atoms with van der Waals surface area (Å²) in [6.45, 7) is 5.10. The molecule has 1 fully saturated rings. The van der Waals surface area contributed by atoms with Gasteiger partial charge in [0.25, 0.3) is 11.8 Å². The number of nitrogens with zero attached hydrogens (tertiary/aromatic N) is 4. The molecule has 2 aliphatic heterocycles. The average Bonchev–Trinajstić information content (AvgIpc) is 3.58. The fourth-order valence-electron chi connectivity index (χ4n) is 4.69. The minimum absolute atomic E-state index is 0.0741. The minimum Gasteiger partial charge on any atom is -0.370 e. The fourth-order valence-corrected chi connectivity index (χ4v) is 5.47. The van der Waals surface area contributed by atoms with Crippen molar-refractivity contribution in [1.29, 1.82) is 0 Å². The number of hydrogen-bond acceptors (Lipinski definition) is 8. The first kappa shape index (κ1) is 22.3. The Morgan fingerprint density at radius 2 is 2.09 bits per heavy atom. The SMILES string of the molecule is Cc1nonc1CNC(=O)C1CCCN(c2cccc3c2C(=O)N(C(C)c2cccs2)C3=O)C1. The molecule has 3 amide bonds. The molecule has 0 saturated carbocycles. The fraction of sp³-hybridized carbons (Fsp3) is 0.375. The molecule has 3 aromatic rings. The van der Waals surface area contributed by atoms with Crippen LogP contribution in [0, 0.1) is 12.8 Å². The lowest BCUT2D eigenvalue weighted by molar-refractivity contribution is -0.125. The van der Waals surface area contributed by atoms with E-state index in [9.17, 15) is 14.4 Å². The van der Waals surface area contributed by atoms with Crippen LogP contribution in [0.3, 0.4) is 0 Å². The molecule has 5 rings (SSSR count). The van der Waals surface area contributed by atoms with Crippen molar-refractivity contribution >= 4 is 34.7 Å². The predicted molar refractivity (Wildman–Crippen MR) is 125 cm³/mol. The van der Waals surface area contributed by atoms with Gasteiger partial charge in [-0.05, 0) is 50.3 Å². The van der Waals surface area contributed by atoms with Crippen LogP contribution in [-0.2, 0) is 11.3 Å². The van der Waals surface area contributed by atoms with E-state index in [2.05, 4.69) is 25.2 Å². The zero-order valence-corrected chi connectivity index (χ0v) is 19.8. The van der Waals surface area contributed by atoms with Crippen LogP contribution in [-0.4, -0.2) is 46.0 Å². The highest BCUT2D eigenvalue weighted by Crippen LogP contribution is 2.38. The summed E-state index contributed by atoms with van der Waals surface area (Å²) in [5.74, 6) is -0.865. The number of carbonyl (C=O) groups excluding carboxylic acids is 3. The maximum absolute atomic E-state index is 13.5. The maximum atomic E-state index is 13.5. The minimum atomic E-state index is -0.338. The number of nitrogens with one attached hydrogen (secondary N) is 1. The molecule has 0 bridgehead atoms. The Morgan fingerprint density at radius 3 is 2.82 bits per heavy atom. The van der Waals surface area contributed by atoms with E-state index in [1.807, 2.05) is 36.6 Å². The first-order chi connectivity index (χ1) is 16.5. The molecule has 1 aromatic carbocycles. The van der Waals surface area contributed by atoms with Gasteiger partial charge in [0, 0.05) is 18.0 Å². The van der Waals surface area contributed by atoms with Crippen LogP contribution in [0.2, 0.25) is 0 Å². The number of anilines is 1. The standard InChI is InChI=1S/C24H25N5O4S/c1-14-18(27-33-26-14)12-25-22(30)16-6-4-10-28(13-16)19-8-3-7-17-21(19)24(32)29(23(17)31)15(2)20-9-5-11-34-20/h3,5,7-9,11,15-16H,4,6,10,12-13H2,1-2H3,(H,25,30). The Morgan fingerprint density at radius 1 is 1.24 bits per heavy atom. The van der Waals surface area contributed by atoms with Crippen LogP contribution >= 0.6 is 11.3 Å². The Kier molecular flexibility index (Phi) is 5.91. The van der Waals surface area contributed by atoms with Gasteiger partial charge in [-0.1, -0.05) is 22.4 Å². The van der Waals surface area contributed by atoms with E-state index in [1.165, 1.54) is 16.2 Å². The number of imide groups is 1. The van der Waals surface area contributed by atoms with Gasteiger partial charge in [-0.3, -0.25) is 19.3 Å². The van der Waals surface area contributed by atoms with Crippen molar-refractivity contribution in [3.05, 3.63) is 63.1 Å². The van der Waals surface area contributed by atoms with Gasteiger partial charge in [0.15, 0.2) is 0 Å². The Bertz CT molecular complexity index is 1240. The van der Waals surface area contributed by atoms with Crippen LogP contribution < -0.4 is 10.2 Å². The number of thiophene rings is 1. The van der Waals surface area contributed by atoms with E-state index >= 15 is 0 Å². The van der Waals surface area contributed by atoms with E-state index in [0.717, 1.165) is 17.7 Å². The average molecular weight is 480 g/mol.